The molecule has 3 aliphatic heterocycles. The fraction of sp³-hybridized carbons (Fsp3) is 0.453. The van der Waals surface area contributed by atoms with Crippen molar-refractivity contribution >= 4 is 53.6 Å². The van der Waals surface area contributed by atoms with Crippen LogP contribution in [-0.2, 0) is 61.6 Å². The number of aliphatic hydroxyl groups excluding tert-OH is 1. The van der Waals surface area contributed by atoms with Crippen LogP contribution in [0.5, 0.6) is 0 Å². The van der Waals surface area contributed by atoms with Gasteiger partial charge in [-0.2, -0.15) is 0 Å². The summed E-state index contributed by atoms with van der Waals surface area (Å²) >= 11 is 0. The lowest BCUT2D eigenvalue weighted by Gasteiger charge is -2.47. The third-order valence-corrected chi connectivity index (χ3v) is 13.6. The minimum absolute atomic E-state index is 0.000411. The number of aliphatic hydroxyl groups is 1. The third kappa shape index (κ3) is 15.9. The van der Waals surface area contributed by atoms with Gasteiger partial charge in [-0.15, -0.1) is 0 Å². The Morgan fingerprint density at radius 1 is 0.494 bits per heavy atom. The summed E-state index contributed by atoms with van der Waals surface area (Å²) in [4.78, 5) is 66.3. The molecule has 4 aliphatic rings. The lowest BCUT2D eigenvalue weighted by atomic mass is 9.84. The van der Waals surface area contributed by atoms with Gasteiger partial charge in [0.15, 0.2) is 31.1 Å². The first kappa shape index (κ1) is 60.0. The molecule has 4 amide bonds. The van der Waals surface area contributed by atoms with Gasteiger partial charge in [-0.1, -0.05) is 72.8 Å². The van der Waals surface area contributed by atoms with E-state index in [9.17, 15) is 29.1 Å². The molecule has 438 valence electrons. The maximum absolute atomic E-state index is 14.1. The minimum Gasteiger partial charge on any atom is -0.460 e. The molecule has 28 nitrogen and oxygen atoms in total. The first-order valence-electron chi connectivity index (χ1n) is 26.0. The molecule has 28 heteroatoms. The minimum atomic E-state index is -1.79. The number of hydrogen-bond donors (Lipinski definition) is 11. The van der Waals surface area contributed by atoms with Crippen molar-refractivity contribution in [1.29, 1.82) is 0 Å². The van der Waals surface area contributed by atoms with Crippen molar-refractivity contribution in [3.8, 4) is 0 Å². The molecule has 18 unspecified atom stereocenters. The Kier molecular flexibility index (Phi) is 21.5. The highest BCUT2D eigenvalue weighted by Crippen LogP contribution is 2.38. The zero-order valence-electron chi connectivity index (χ0n) is 43.6. The molecule has 1 aliphatic carbocycles. The fourth-order valence-electron chi connectivity index (χ4n) is 9.77. The van der Waals surface area contributed by atoms with Gasteiger partial charge in [0.1, 0.15) is 68.3 Å². The van der Waals surface area contributed by atoms with Crippen LogP contribution in [0.4, 0.5) is 41.9 Å². The molecule has 0 bridgehead atoms. The molecule has 4 aromatic rings. The number of ether oxygens (including phenoxy) is 12. The number of anilines is 4. The fourth-order valence-corrected chi connectivity index (χ4v) is 9.77. The Labute approximate surface area is 464 Å². The second-order valence-corrected chi connectivity index (χ2v) is 19.1. The maximum atomic E-state index is 14.1. The van der Waals surface area contributed by atoms with Gasteiger partial charge in [0, 0.05) is 54.3 Å². The number of amides is 4. The summed E-state index contributed by atoms with van der Waals surface area (Å²) in [6, 6.07) is 29.1. The van der Waals surface area contributed by atoms with Crippen LogP contribution in [0.3, 0.4) is 0 Å². The Hall–Kier alpha value is -7.13. The van der Waals surface area contributed by atoms with Crippen molar-refractivity contribution in [3.05, 3.63) is 121 Å². The standard InChI is InChI=1S/C53H68N10O18/c54-23-36-35(76-51(67)61-29-15-7-2-8-16-29)22-34(58)47(73-36)77-41-33(57)21-32(56)40(71-26-64)45(41)79-49-46(81-53(69)63-31-19-11-4-12-20-31)43(38(75-49)25-70-50(66)60-28-13-5-1-6-14-28)78-48-39(59)44(42(72-27-65)37(24-55)74-48)80-52(68)62-30-17-9-3-10-18-30/h1-20,26,32-49,65H,21-25,27,54-59H2,(H,60,66)(H,61,67)(H,62,68)(H,63,69). The second-order valence-electron chi connectivity index (χ2n) is 19.1. The monoisotopic (exact) mass is 1130 g/mol. The molecule has 4 fully saturated rings. The van der Waals surface area contributed by atoms with Crippen molar-refractivity contribution in [1.82, 2.24) is 0 Å². The molecule has 18 atom stereocenters. The number of para-hydroxylation sites is 4. The highest BCUT2D eigenvalue weighted by Gasteiger charge is 2.57. The van der Waals surface area contributed by atoms with E-state index in [-0.39, 0.29) is 32.4 Å². The molecule has 0 spiro atoms. The van der Waals surface area contributed by atoms with Gasteiger partial charge in [0.05, 0.1) is 12.1 Å². The summed E-state index contributed by atoms with van der Waals surface area (Å²) < 4.78 is 73.6. The molecule has 1 saturated carbocycles. The van der Waals surface area contributed by atoms with E-state index in [1.165, 1.54) is 0 Å². The molecule has 0 aromatic heterocycles. The maximum Gasteiger partial charge on any atom is 0.412 e. The van der Waals surface area contributed by atoms with Crippen LogP contribution >= 0.6 is 0 Å². The average Bonchev–Trinajstić information content (AvgIpc) is 4.04. The van der Waals surface area contributed by atoms with Crippen LogP contribution in [0.15, 0.2) is 121 Å². The van der Waals surface area contributed by atoms with Crippen LogP contribution in [-0.4, -0.2) is 173 Å². The predicted molar refractivity (Wildman–Crippen MR) is 285 cm³/mol. The zero-order chi connectivity index (χ0) is 57.4. The number of carbonyl (C=O) groups excluding carboxylic acids is 5. The largest absolute Gasteiger partial charge is 0.460 e. The lowest BCUT2D eigenvalue weighted by Crippen LogP contribution is -2.67. The number of nitrogens with two attached hydrogens (primary N) is 6. The van der Waals surface area contributed by atoms with Crippen molar-refractivity contribution < 1.29 is 85.9 Å². The highest BCUT2D eigenvalue weighted by molar-refractivity contribution is 5.86. The number of nitrogens with one attached hydrogen (secondary N) is 4. The van der Waals surface area contributed by atoms with Gasteiger partial charge < -0.3 is 96.4 Å². The molecule has 0 radical (unpaired) electrons. The van der Waals surface area contributed by atoms with E-state index >= 15 is 0 Å². The van der Waals surface area contributed by atoms with Gasteiger partial charge in [-0.3, -0.25) is 26.1 Å². The van der Waals surface area contributed by atoms with Crippen molar-refractivity contribution in [2.75, 3.05) is 47.8 Å². The first-order valence-corrected chi connectivity index (χ1v) is 26.0. The zero-order valence-corrected chi connectivity index (χ0v) is 43.6. The van der Waals surface area contributed by atoms with E-state index in [1.54, 1.807) is 121 Å². The summed E-state index contributed by atoms with van der Waals surface area (Å²) in [6.45, 7) is -1.80. The van der Waals surface area contributed by atoms with Crippen LogP contribution in [0.2, 0.25) is 0 Å². The molecule has 3 heterocycles. The molecule has 4 aromatic carbocycles. The van der Waals surface area contributed by atoms with Gasteiger partial charge >= 0.3 is 24.4 Å². The molecule has 3 saturated heterocycles. The smallest absolute Gasteiger partial charge is 0.412 e. The molecule has 17 N–H and O–H groups in total. The normalized spacial score (nSPS) is 31.8. The van der Waals surface area contributed by atoms with E-state index in [4.69, 9.17) is 91.2 Å². The van der Waals surface area contributed by atoms with Gasteiger partial charge in [0.25, 0.3) is 6.47 Å². The Balaban J connectivity index is 1.11. The summed E-state index contributed by atoms with van der Waals surface area (Å²) in [6.07, 6.45) is -23.2. The van der Waals surface area contributed by atoms with Crippen LogP contribution < -0.4 is 55.7 Å². The van der Waals surface area contributed by atoms with Crippen LogP contribution in [0.25, 0.3) is 0 Å². The number of benzene rings is 4. The van der Waals surface area contributed by atoms with Crippen molar-refractivity contribution in [3.63, 3.8) is 0 Å². The van der Waals surface area contributed by atoms with Gasteiger partial charge in [0.2, 0.25) is 0 Å². The van der Waals surface area contributed by atoms with Crippen LogP contribution in [0, 0.1) is 0 Å². The van der Waals surface area contributed by atoms with E-state index < -0.39 is 148 Å². The quantitative estimate of drug-likeness (QED) is 0.0318. The third-order valence-electron chi connectivity index (χ3n) is 13.6. The van der Waals surface area contributed by atoms with Crippen LogP contribution in [0.1, 0.15) is 12.8 Å². The van der Waals surface area contributed by atoms with E-state index in [0.717, 1.165) is 0 Å². The summed E-state index contributed by atoms with van der Waals surface area (Å²) in [5, 5.41) is 20.5. The summed E-state index contributed by atoms with van der Waals surface area (Å²) in [5.74, 6) is 0. The van der Waals surface area contributed by atoms with E-state index in [0.29, 0.717) is 22.7 Å². The first-order chi connectivity index (χ1) is 39.2. The number of hydrogen-bond acceptors (Lipinski definition) is 24. The van der Waals surface area contributed by atoms with Gasteiger partial charge in [-0.25, -0.2) is 19.2 Å². The van der Waals surface area contributed by atoms with E-state index in [2.05, 4.69) is 21.3 Å². The summed E-state index contributed by atoms with van der Waals surface area (Å²) in [5.41, 5.74) is 40.9. The highest BCUT2D eigenvalue weighted by atomic mass is 16.8. The van der Waals surface area contributed by atoms with Crippen molar-refractivity contribution in [2.45, 2.75) is 123 Å². The SMILES string of the molecule is NCC1OC(OC2C(N)CC(N)C(OC=O)C2OC2OC(COC(=O)Nc3ccccc3)C(OC3OC(CN)C(OCO)C(OC(=O)Nc4ccccc4)C3N)C2OC(=O)Nc2ccccc2)C(N)CC1OC(=O)Nc1ccccc1. The Bertz CT molecular complexity index is 2630. The second kappa shape index (κ2) is 29.0. The Morgan fingerprint density at radius 3 is 1.47 bits per heavy atom. The number of carbonyl (C=O) groups is 5. The Morgan fingerprint density at radius 2 is 0.951 bits per heavy atom. The molecule has 8 rings (SSSR count). The van der Waals surface area contributed by atoms with E-state index in [1.807, 2.05) is 0 Å². The lowest BCUT2D eigenvalue weighted by molar-refractivity contribution is -0.296. The molecular weight excluding hydrogens is 1060 g/mol. The molecular formula is C53H68N10O18. The van der Waals surface area contributed by atoms with Gasteiger partial charge in [-0.05, 0) is 55.0 Å². The topological polar surface area (TPSA) is 421 Å². The number of rotatable bonds is 21. The average molecular weight is 1130 g/mol. The summed E-state index contributed by atoms with van der Waals surface area (Å²) in [7, 11) is 0. The molecule has 81 heavy (non-hydrogen) atoms. The van der Waals surface area contributed by atoms with Crippen molar-refractivity contribution in [2.24, 2.45) is 34.4 Å². The predicted octanol–water partition coefficient (Wildman–Crippen LogP) is 1.31.